The molecular weight excluding hydrogens is 274 g/mol. The second-order valence-corrected chi connectivity index (χ2v) is 4.57. The fraction of sp³-hybridized carbons (Fsp3) is 0.333. The van der Waals surface area contributed by atoms with Crippen molar-refractivity contribution in [1.29, 1.82) is 0 Å². The van der Waals surface area contributed by atoms with Crippen LogP contribution in [-0.4, -0.2) is 24.4 Å². The van der Waals surface area contributed by atoms with Crippen LogP contribution < -0.4 is 9.47 Å². The summed E-state index contributed by atoms with van der Waals surface area (Å²) in [6.45, 7) is 4.12. The smallest absolute Gasteiger partial charge is 0.311 e. The number of hydrogen-bond donors (Lipinski definition) is 0. The number of hydrogen-bond acceptors (Lipinski definition) is 6. The Balaban J connectivity index is 1.85. The van der Waals surface area contributed by atoms with Gasteiger partial charge in [-0.15, -0.1) is 0 Å². The SMILES string of the molecule is CCOC(=O)Cc1nc(-c2ccc3c(c2)OCO3)oc1C. The molecule has 0 atom stereocenters. The first-order chi connectivity index (χ1) is 10.2. The minimum atomic E-state index is -0.314. The fourth-order valence-corrected chi connectivity index (χ4v) is 2.09. The highest BCUT2D eigenvalue weighted by molar-refractivity contribution is 5.72. The molecule has 0 saturated heterocycles. The summed E-state index contributed by atoms with van der Waals surface area (Å²) < 4.78 is 21.1. The van der Waals surface area contributed by atoms with Gasteiger partial charge < -0.3 is 18.6 Å². The van der Waals surface area contributed by atoms with E-state index < -0.39 is 0 Å². The van der Waals surface area contributed by atoms with Crippen molar-refractivity contribution in [2.45, 2.75) is 20.3 Å². The Morgan fingerprint density at radius 2 is 2.14 bits per heavy atom. The molecule has 0 amide bonds. The summed E-state index contributed by atoms with van der Waals surface area (Å²) in [5.74, 6) is 2.11. The third kappa shape index (κ3) is 2.69. The van der Waals surface area contributed by atoms with E-state index in [1.165, 1.54) is 0 Å². The van der Waals surface area contributed by atoms with Gasteiger partial charge >= 0.3 is 5.97 Å². The Hall–Kier alpha value is -2.50. The van der Waals surface area contributed by atoms with E-state index >= 15 is 0 Å². The quantitative estimate of drug-likeness (QED) is 0.805. The molecule has 6 nitrogen and oxygen atoms in total. The van der Waals surface area contributed by atoms with Gasteiger partial charge in [-0.05, 0) is 32.0 Å². The molecular formula is C15H15NO5. The van der Waals surface area contributed by atoms with Crippen LogP contribution in [0.15, 0.2) is 22.6 Å². The lowest BCUT2D eigenvalue weighted by atomic mass is 10.2. The number of rotatable bonds is 4. The van der Waals surface area contributed by atoms with Crippen molar-refractivity contribution in [2.75, 3.05) is 13.4 Å². The molecule has 0 fully saturated rings. The zero-order valence-electron chi connectivity index (χ0n) is 11.8. The number of benzene rings is 1. The number of nitrogens with zero attached hydrogens (tertiary/aromatic N) is 1. The molecule has 1 aliphatic heterocycles. The number of aromatic nitrogens is 1. The van der Waals surface area contributed by atoms with Gasteiger partial charge in [0.2, 0.25) is 12.7 Å². The zero-order valence-corrected chi connectivity index (χ0v) is 11.8. The third-order valence-electron chi connectivity index (χ3n) is 3.13. The van der Waals surface area contributed by atoms with Crippen molar-refractivity contribution in [3.05, 3.63) is 29.7 Å². The number of aryl methyl sites for hydroxylation is 1. The number of oxazole rings is 1. The van der Waals surface area contributed by atoms with Crippen LogP contribution in [0.2, 0.25) is 0 Å². The molecule has 0 bridgehead atoms. The van der Waals surface area contributed by atoms with Gasteiger partial charge in [-0.25, -0.2) is 4.98 Å². The molecule has 0 unspecified atom stereocenters. The average Bonchev–Trinajstić information content (AvgIpc) is 3.05. The predicted octanol–water partition coefficient (Wildman–Crippen LogP) is 2.48. The molecule has 0 spiro atoms. The number of ether oxygens (including phenoxy) is 3. The second kappa shape index (κ2) is 5.47. The molecule has 1 aromatic carbocycles. The summed E-state index contributed by atoms with van der Waals surface area (Å²) in [5, 5.41) is 0. The number of carbonyl (C=O) groups excluding carboxylic acids is 1. The Labute approximate surface area is 121 Å². The summed E-state index contributed by atoms with van der Waals surface area (Å²) in [7, 11) is 0. The Bertz CT molecular complexity index is 677. The van der Waals surface area contributed by atoms with Gasteiger partial charge in [0.15, 0.2) is 11.5 Å². The van der Waals surface area contributed by atoms with Crippen molar-refractivity contribution in [3.63, 3.8) is 0 Å². The first-order valence-corrected chi connectivity index (χ1v) is 6.69. The third-order valence-corrected chi connectivity index (χ3v) is 3.13. The van der Waals surface area contributed by atoms with Gasteiger partial charge in [0.1, 0.15) is 5.76 Å². The number of fused-ring (bicyclic) bond motifs is 1. The van der Waals surface area contributed by atoms with Crippen LogP contribution in [0.5, 0.6) is 11.5 Å². The molecule has 110 valence electrons. The maximum absolute atomic E-state index is 11.5. The van der Waals surface area contributed by atoms with E-state index in [1.807, 2.05) is 18.2 Å². The number of carbonyl (C=O) groups is 1. The first-order valence-electron chi connectivity index (χ1n) is 6.69. The first kappa shape index (κ1) is 13.5. The highest BCUT2D eigenvalue weighted by Gasteiger charge is 2.18. The topological polar surface area (TPSA) is 70.8 Å². The molecule has 0 N–H and O–H groups in total. The molecule has 1 aromatic heterocycles. The summed E-state index contributed by atoms with van der Waals surface area (Å²) in [5.41, 5.74) is 1.36. The van der Waals surface area contributed by atoms with Crippen LogP contribution in [-0.2, 0) is 16.0 Å². The summed E-state index contributed by atoms with van der Waals surface area (Å²) in [6.07, 6.45) is 0.105. The summed E-state index contributed by atoms with van der Waals surface area (Å²) in [6, 6.07) is 5.46. The average molecular weight is 289 g/mol. The monoisotopic (exact) mass is 289 g/mol. The van der Waals surface area contributed by atoms with Crippen molar-refractivity contribution in [1.82, 2.24) is 4.98 Å². The Morgan fingerprint density at radius 1 is 1.33 bits per heavy atom. The highest BCUT2D eigenvalue weighted by atomic mass is 16.7. The Kier molecular flexibility index (Phi) is 3.51. The molecule has 21 heavy (non-hydrogen) atoms. The van der Waals surface area contributed by atoms with Crippen LogP contribution in [0.1, 0.15) is 18.4 Å². The van der Waals surface area contributed by atoms with Gasteiger partial charge in [-0.2, -0.15) is 0 Å². The van der Waals surface area contributed by atoms with Gasteiger partial charge in [0.05, 0.1) is 18.7 Å². The fourth-order valence-electron chi connectivity index (χ4n) is 2.09. The molecule has 0 radical (unpaired) electrons. The van der Waals surface area contributed by atoms with E-state index in [-0.39, 0.29) is 19.2 Å². The van der Waals surface area contributed by atoms with Crippen molar-refractivity contribution in [3.8, 4) is 23.0 Å². The highest BCUT2D eigenvalue weighted by Crippen LogP contribution is 2.36. The van der Waals surface area contributed by atoms with Crippen molar-refractivity contribution < 1.29 is 23.4 Å². The van der Waals surface area contributed by atoms with Gasteiger partial charge in [-0.1, -0.05) is 0 Å². The minimum absolute atomic E-state index is 0.105. The lowest BCUT2D eigenvalue weighted by molar-refractivity contribution is -0.142. The van der Waals surface area contributed by atoms with Crippen molar-refractivity contribution >= 4 is 5.97 Å². The lowest BCUT2D eigenvalue weighted by Crippen LogP contribution is -2.08. The van der Waals surface area contributed by atoms with E-state index in [9.17, 15) is 4.79 Å². The summed E-state index contributed by atoms with van der Waals surface area (Å²) in [4.78, 5) is 15.9. The van der Waals surface area contributed by atoms with E-state index in [1.54, 1.807) is 13.8 Å². The second-order valence-electron chi connectivity index (χ2n) is 4.57. The summed E-state index contributed by atoms with van der Waals surface area (Å²) >= 11 is 0. The standard InChI is InChI=1S/C15H15NO5/c1-3-18-14(17)7-11-9(2)21-15(16-11)10-4-5-12-13(6-10)20-8-19-12/h4-6H,3,7-8H2,1-2H3. The molecule has 3 rings (SSSR count). The van der Waals surface area contributed by atoms with Crippen LogP contribution in [0.4, 0.5) is 0 Å². The minimum Gasteiger partial charge on any atom is -0.466 e. The largest absolute Gasteiger partial charge is 0.466 e. The van der Waals surface area contributed by atoms with E-state index in [0.29, 0.717) is 35.5 Å². The molecule has 0 aliphatic carbocycles. The van der Waals surface area contributed by atoms with Crippen LogP contribution in [0.25, 0.3) is 11.5 Å². The molecule has 2 heterocycles. The van der Waals surface area contributed by atoms with Crippen LogP contribution >= 0.6 is 0 Å². The van der Waals surface area contributed by atoms with Crippen LogP contribution in [0, 0.1) is 6.92 Å². The molecule has 2 aromatic rings. The van der Waals surface area contributed by atoms with Gasteiger partial charge in [-0.3, -0.25) is 4.79 Å². The van der Waals surface area contributed by atoms with Gasteiger partial charge in [0, 0.05) is 5.56 Å². The molecule has 1 aliphatic rings. The molecule has 6 heteroatoms. The molecule has 0 saturated carbocycles. The maximum atomic E-state index is 11.5. The lowest BCUT2D eigenvalue weighted by Gasteiger charge is -1.99. The van der Waals surface area contributed by atoms with Crippen molar-refractivity contribution in [2.24, 2.45) is 0 Å². The van der Waals surface area contributed by atoms with Gasteiger partial charge in [0.25, 0.3) is 0 Å². The van der Waals surface area contributed by atoms with E-state index in [2.05, 4.69) is 4.98 Å². The van der Waals surface area contributed by atoms with E-state index in [4.69, 9.17) is 18.6 Å². The van der Waals surface area contributed by atoms with Crippen LogP contribution in [0.3, 0.4) is 0 Å². The van der Waals surface area contributed by atoms with E-state index in [0.717, 1.165) is 5.56 Å². The number of esters is 1. The predicted molar refractivity (Wildman–Crippen MR) is 73.1 cm³/mol. The normalized spacial score (nSPS) is 12.5. The zero-order chi connectivity index (χ0) is 14.8. The maximum Gasteiger partial charge on any atom is 0.311 e. The Morgan fingerprint density at radius 3 is 2.95 bits per heavy atom.